The van der Waals surface area contributed by atoms with Crippen molar-refractivity contribution in [3.63, 3.8) is 0 Å². The predicted octanol–water partition coefficient (Wildman–Crippen LogP) is 1.93. The van der Waals surface area contributed by atoms with Crippen molar-refractivity contribution in [1.82, 2.24) is 5.32 Å². The second kappa shape index (κ2) is 8.86. The summed E-state index contributed by atoms with van der Waals surface area (Å²) in [6.07, 6.45) is 0. The molecule has 0 saturated carbocycles. The molecule has 0 fully saturated rings. The lowest BCUT2D eigenvalue weighted by Gasteiger charge is -2.20. The van der Waals surface area contributed by atoms with Gasteiger partial charge in [0, 0.05) is 6.07 Å². The molecule has 9 nitrogen and oxygen atoms in total. The van der Waals surface area contributed by atoms with Crippen LogP contribution >= 0.6 is 0 Å². The molecule has 0 radical (unpaired) electrons. The number of hydrogen-bond donors (Lipinski definition) is 1. The highest BCUT2D eigenvalue weighted by Gasteiger charge is 2.30. The fourth-order valence-corrected chi connectivity index (χ4v) is 2.15. The minimum Gasteiger partial charge on any atom is -0.493 e. The average molecular weight is 354 g/mol. The average Bonchev–Trinajstić information content (AvgIpc) is 2.58. The maximum Gasteiger partial charge on any atom is 0.328 e. The number of nitro benzene ring substituents is 1. The van der Waals surface area contributed by atoms with Gasteiger partial charge >= 0.3 is 5.97 Å². The zero-order valence-electron chi connectivity index (χ0n) is 14.8. The lowest BCUT2D eigenvalue weighted by molar-refractivity contribution is -0.385. The van der Waals surface area contributed by atoms with Gasteiger partial charge in [-0.15, -0.1) is 0 Å². The van der Waals surface area contributed by atoms with E-state index in [1.165, 1.54) is 20.3 Å². The van der Waals surface area contributed by atoms with Gasteiger partial charge in [-0.1, -0.05) is 13.8 Å². The number of carbonyl (C=O) groups is 2. The van der Waals surface area contributed by atoms with Gasteiger partial charge in [-0.3, -0.25) is 14.9 Å². The van der Waals surface area contributed by atoms with Crippen molar-refractivity contribution >= 4 is 17.6 Å². The van der Waals surface area contributed by atoms with Crippen molar-refractivity contribution in [3.05, 3.63) is 27.8 Å². The van der Waals surface area contributed by atoms with E-state index in [0.717, 1.165) is 6.07 Å². The van der Waals surface area contributed by atoms with Crippen LogP contribution in [-0.2, 0) is 9.53 Å². The third kappa shape index (κ3) is 4.82. The number of nitro groups is 1. The molecule has 0 bridgehead atoms. The summed E-state index contributed by atoms with van der Waals surface area (Å²) < 4.78 is 15.1. The Morgan fingerprint density at radius 2 is 1.88 bits per heavy atom. The Labute approximate surface area is 145 Å². The van der Waals surface area contributed by atoms with Crippen LogP contribution in [0.25, 0.3) is 0 Å². The van der Waals surface area contributed by atoms with Crippen molar-refractivity contribution in [2.75, 3.05) is 20.8 Å². The Hall–Kier alpha value is -2.84. The zero-order valence-corrected chi connectivity index (χ0v) is 14.8. The van der Waals surface area contributed by atoms with Gasteiger partial charge in [-0.25, -0.2) is 4.79 Å². The van der Waals surface area contributed by atoms with Crippen molar-refractivity contribution in [2.45, 2.75) is 26.8 Å². The van der Waals surface area contributed by atoms with E-state index in [1.807, 2.05) is 0 Å². The minimum atomic E-state index is -0.935. The van der Waals surface area contributed by atoms with Crippen molar-refractivity contribution in [2.24, 2.45) is 5.92 Å². The molecule has 0 aliphatic carbocycles. The summed E-state index contributed by atoms with van der Waals surface area (Å²) in [5.74, 6) is -1.34. The third-order valence-electron chi connectivity index (χ3n) is 3.43. The van der Waals surface area contributed by atoms with E-state index in [2.05, 4.69) is 10.1 Å². The Bertz CT molecular complexity index is 658. The number of nitrogens with zero attached hydrogens (tertiary/aromatic N) is 1. The molecule has 25 heavy (non-hydrogen) atoms. The van der Waals surface area contributed by atoms with Gasteiger partial charge in [-0.2, -0.15) is 0 Å². The first kappa shape index (κ1) is 20.2. The third-order valence-corrected chi connectivity index (χ3v) is 3.43. The number of amides is 1. The van der Waals surface area contributed by atoms with Gasteiger partial charge in [0.15, 0.2) is 11.5 Å². The van der Waals surface area contributed by atoms with Gasteiger partial charge in [-0.05, 0) is 12.8 Å². The second-order valence-corrected chi connectivity index (χ2v) is 5.43. The van der Waals surface area contributed by atoms with E-state index >= 15 is 0 Å². The predicted molar refractivity (Wildman–Crippen MR) is 88.9 cm³/mol. The first-order chi connectivity index (χ1) is 11.8. The summed E-state index contributed by atoms with van der Waals surface area (Å²) >= 11 is 0. The van der Waals surface area contributed by atoms with E-state index in [4.69, 9.17) is 9.47 Å². The number of esters is 1. The molecule has 1 atom stereocenters. The molecular formula is C16H22N2O7. The largest absolute Gasteiger partial charge is 0.493 e. The zero-order chi connectivity index (χ0) is 19.1. The number of hydrogen-bond acceptors (Lipinski definition) is 7. The molecule has 0 aromatic heterocycles. The molecule has 0 heterocycles. The molecule has 0 aliphatic heterocycles. The Morgan fingerprint density at radius 1 is 1.24 bits per heavy atom. The molecule has 0 saturated heterocycles. The van der Waals surface area contributed by atoms with Crippen LogP contribution in [0.1, 0.15) is 31.1 Å². The normalized spacial score (nSPS) is 11.6. The first-order valence-electron chi connectivity index (χ1n) is 7.64. The molecule has 1 aromatic rings. The molecule has 1 aromatic carbocycles. The van der Waals surface area contributed by atoms with Gasteiger partial charge < -0.3 is 19.5 Å². The van der Waals surface area contributed by atoms with Crippen LogP contribution in [0.4, 0.5) is 5.69 Å². The summed E-state index contributed by atoms with van der Waals surface area (Å²) in [5.41, 5.74) is -0.686. The van der Waals surface area contributed by atoms with E-state index in [1.54, 1.807) is 20.8 Å². The van der Waals surface area contributed by atoms with Gasteiger partial charge in [0.2, 0.25) is 0 Å². The number of ether oxygens (including phenoxy) is 3. The standard InChI is InChI=1S/C16H22N2O7/c1-6-25-13-7-10(11(18(21)22)8-12(13)23-4)15(19)17-14(9(2)3)16(20)24-5/h7-9,14H,6H2,1-5H3,(H,17,19)/t14-/m0/s1. The summed E-state index contributed by atoms with van der Waals surface area (Å²) in [5, 5.41) is 13.8. The molecule has 1 amide bonds. The smallest absolute Gasteiger partial charge is 0.328 e. The summed E-state index contributed by atoms with van der Waals surface area (Å²) in [6.45, 7) is 5.45. The quantitative estimate of drug-likeness (QED) is 0.430. The number of methoxy groups -OCH3 is 2. The molecule has 0 aliphatic rings. The molecule has 0 spiro atoms. The fraction of sp³-hybridized carbons (Fsp3) is 0.500. The number of nitrogens with one attached hydrogen (secondary N) is 1. The van der Waals surface area contributed by atoms with E-state index in [9.17, 15) is 19.7 Å². The number of benzene rings is 1. The van der Waals surface area contributed by atoms with E-state index < -0.39 is 28.5 Å². The second-order valence-electron chi connectivity index (χ2n) is 5.43. The van der Waals surface area contributed by atoms with Crippen molar-refractivity contribution < 1.29 is 28.7 Å². The summed E-state index contributed by atoms with van der Waals surface area (Å²) in [7, 11) is 2.54. The van der Waals surface area contributed by atoms with Gasteiger partial charge in [0.25, 0.3) is 11.6 Å². The van der Waals surface area contributed by atoms with Crippen LogP contribution in [0.15, 0.2) is 12.1 Å². The molecule has 1 rings (SSSR count). The molecular weight excluding hydrogens is 332 g/mol. The molecule has 9 heteroatoms. The SMILES string of the molecule is CCOc1cc(C(=O)N[C@H](C(=O)OC)C(C)C)c([N+](=O)[O-])cc1OC. The molecule has 1 N–H and O–H groups in total. The maximum absolute atomic E-state index is 12.5. The summed E-state index contributed by atoms with van der Waals surface area (Å²) in [6, 6.07) is 1.40. The van der Waals surface area contributed by atoms with Crippen LogP contribution in [-0.4, -0.2) is 43.7 Å². The number of rotatable bonds is 8. The topological polar surface area (TPSA) is 117 Å². The van der Waals surface area contributed by atoms with Crippen molar-refractivity contribution in [1.29, 1.82) is 0 Å². The van der Waals surface area contributed by atoms with Gasteiger partial charge in [0.05, 0.1) is 31.8 Å². The van der Waals surface area contributed by atoms with Gasteiger partial charge in [0.1, 0.15) is 11.6 Å². The van der Waals surface area contributed by atoms with E-state index in [0.29, 0.717) is 0 Å². The molecule has 138 valence electrons. The van der Waals surface area contributed by atoms with Crippen LogP contribution in [0.3, 0.4) is 0 Å². The fourth-order valence-electron chi connectivity index (χ4n) is 2.15. The lowest BCUT2D eigenvalue weighted by atomic mass is 10.0. The number of carbonyl (C=O) groups excluding carboxylic acids is 2. The minimum absolute atomic E-state index is 0.137. The van der Waals surface area contributed by atoms with Crippen LogP contribution in [0.5, 0.6) is 11.5 Å². The highest BCUT2D eigenvalue weighted by molar-refractivity contribution is 6.01. The van der Waals surface area contributed by atoms with Crippen LogP contribution in [0.2, 0.25) is 0 Å². The Kier molecular flexibility index (Phi) is 7.16. The molecule has 0 unspecified atom stereocenters. The first-order valence-corrected chi connectivity index (χ1v) is 7.64. The Morgan fingerprint density at radius 3 is 2.32 bits per heavy atom. The van der Waals surface area contributed by atoms with E-state index in [-0.39, 0.29) is 29.6 Å². The maximum atomic E-state index is 12.5. The highest BCUT2D eigenvalue weighted by Crippen LogP contribution is 2.34. The monoisotopic (exact) mass is 354 g/mol. The summed E-state index contributed by atoms with van der Waals surface area (Å²) in [4.78, 5) is 34.9. The van der Waals surface area contributed by atoms with Crippen LogP contribution in [0, 0.1) is 16.0 Å². The van der Waals surface area contributed by atoms with Crippen molar-refractivity contribution in [3.8, 4) is 11.5 Å². The Balaban J connectivity index is 3.32. The highest BCUT2D eigenvalue weighted by atomic mass is 16.6. The lowest BCUT2D eigenvalue weighted by Crippen LogP contribution is -2.45. The van der Waals surface area contributed by atoms with Crippen LogP contribution < -0.4 is 14.8 Å².